The van der Waals surface area contributed by atoms with E-state index >= 15 is 0 Å². The zero-order valence-electron chi connectivity index (χ0n) is 11.8. The lowest BCUT2D eigenvalue weighted by Crippen LogP contribution is -2.38. The van der Waals surface area contributed by atoms with E-state index in [9.17, 15) is 0 Å². The van der Waals surface area contributed by atoms with Gasteiger partial charge in [-0.05, 0) is 56.1 Å². The molecule has 0 atom stereocenters. The normalized spacial score (nSPS) is 17.4. The summed E-state index contributed by atoms with van der Waals surface area (Å²) in [6, 6.07) is 8.13. The van der Waals surface area contributed by atoms with Gasteiger partial charge in [0.25, 0.3) is 0 Å². The summed E-state index contributed by atoms with van der Waals surface area (Å²) in [7, 11) is 1.69. The van der Waals surface area contributed by atoms with Gasteiger partial charge in [0.2, 0.25) is 0 Å². The molecular formula is C15H25N3O. The Morgan fingerprint density at radius 2 is 1.95 bits per heavy atom. The lowest BCUT2D eigenvalue weighted by Gasteiger charge is -2.31. The number of hydrogen-bond donors (Lipinski definition) is 2. The molecule has 1 fully saturated rings. The molecule has 106 valence electrons. The van der Waals surface area contributed by atoms with Gasteiger partial charge in [-0.3, -0.25) is 0 Å². The third kappa shape index (κ3) is 4.40. The summed E-state index contributed by atoms with van der Waals surface area (Å²) in [6.07, 6.45) is 2.53. The molecule has 1 aromatic rings. The molecule has 4 heteroatoms. The highest BCUT2D eigenvalue weighted by molar-refractivity contribution is 5.46. The second-order valence-corrected chi connectivity index (χ2v) is 5.18. The van der Waals surface area contributed by atoms with Crippen LogP contribution in [0.5, 0.6) is 5.75 Å². The standard InChI is InChI=1S/C15H25N3O/c1-19-15-4-2-14(3-5-15)17-12-13-6-9-18(10-7-13)11-8-16/h2-5,13,17H,6-12,16H2,1H3. The predicted octanol–water partition coefficient (Wildman–Crippen LogP) is 1.78. The number of rotatable bonds is 6. The minimum Gasteiger partial charge on any atom is -0.497 e. The predicted molar refractivity (Wildman–Crippen MR) is 79.7 cm³/mol. The van der Waals surface area contributed by atoms with Crippen LogP contribution in [0, 0.1) is 5.92 Å². The number of ether oxygens (including phenoxy) is 1. The van der Waals surface area contributed by atoms with E-state index in [1.165, 1.54) is 31.6 Å². The van der Waals surface area contributed by atoms with Gasteiger partial charge in [-0.1, -0.05) is 0 Å². The van der Waals surface area contributed by atoms with Crippen LogP contribution in [-0.4, -0.2) is 44.7 Å². The number of anilines is 1. The Morgan fingerprint density at radius 1 is 1.26 bits per heavy atom. The van der Waals surface area contributed by atoms with Crippen molar-refractivity contribution in [3.8, 4) is 5.75 Å². The van der Waals surface area contributed by atoms with Gasteiger partial charge in [0.05, 0.1) is 7.11 Å². The summed E-state index contributed by atoms with van der Waals surface area (Å²) in [5.74, 6) is 1.68. The largest absolute Gasteiger partial charge is 0.497 e. The average Bonchev–Trinajstić information content (AvgIpc) is 2.47. The molecule has 0 radical (unpaired) electrons. The molecule has 2 rings (SSSR count). The zero-order valence-corrected chi connectivity index (χ0v) is 11.8. The van der Waals surface area contributed by atoms with Gasteiger partial charge < -0.3 is 20.7 Å². The second kappa shape index (κ2) is 7.36. The van der Waals surface area contributed by atoms with Crippen LogP contribution in [-0.2, 0) is 0 Å². The molecule has 1 aromatic carbocycles. The maximum atomic E-state index is 5.59. The summed E-state index contributed by atoms with van der Waals surface area (Å²) >= 11 is 0. The number of likely N-dealkylation sites (tertiary alicyclic amines) is 1. The summed E-state index contributed by atoms with van der Waals surface area (Å²) in [6.45, 7) is 5.24. The van der Waals surface area contributed by atoms with Crippen LogP contribution in [0.4, 0.5) is 5.69 Å². The number of nitrogens with two attached hydrogens (primary N) is 1. The molecule has 0 saturated carbocycles. The van der Waals surface area contributed by atoms with E-state index in [0.717, 1.165) is 31.3 Å². The van der Waals surface area contributed by atoms with Crippen LogP contribution < -0.4 is 15.8 Å². The first-order chi connectivity index (χ1) is 9.31. The first kappa shape index (κ1) is 14.2. The first-order valence-electron chi connectivity index (χ1n) is 7.12. The molecule has 1 aliphatic heterocycles. The van der Waals surface area contributed by atoms with Crippen molar-refractivity contribution in [3.63, 3.8) is 0 Å². The number of nitrogens with one attached hydrogen (secondary N) is 1. The number of hydrogen-bond acceptors (Lipinski definition) is 4. The Hall–Kier alpha value is -1.26. The van der Waals surface area contributed by atoms with Crippen molar-refractivity contribution in [2.24, 2.45) is 11.7 Å². The molecule has 0 aromatic heterocycles. The summed E-state index contributed by atoms with van der Waals surface area (Å²) in [4.78, 5) is 2.46. The molecule has 1 saturated heterocycles. The molecule has 0 amide bonds. The lowest BCUT2D eigenvalue weighted by molar-refractivity contribution is 0.194. The van der Waals surface area contributed by atoms with E-state index in [0.29, 0.717) is 0 Å². The average molecular weight is 263 g/mol. The van der Waals surface area contributed by atoms with Crippen LogP contribution in [0.25, 0.3) is 0 Å². The minimum atomic E-state index is 0.773. The van der Waals surface area contributed by atoms with Crippen LogP contribution in [0.1, 0.15) is 12.8 Å². The fraction of sp³-hybridized carbons (Fsp3) is 0.600. The number of piperidine rings is 1. The first-order valence-corrected chi connectivity index (χ1v) is 7.12. The Kier molecular flexibility index (Phi) is 5.48. The van der Waals surface area contributed by atoms with Crippen molar-refractivity contribution in [1.29, 1.82) is 0 Å². The van der Waals surface area contributed by atoms with Crippen molar-refractivity contribution in [1.82, 2.24) is 4.90 Å². The Bertz CT molecular complexity index is 358. The van der Waals surface area contributed by atoms with Crippen molar-refractivity contribution in [2.45, 2.75) is 12.8 Å². The van der Waals surface area contributed by atoms with Gasteiger partial charge in [0.1, 0.15) is 5.75 Å². The maximum absolute atomic E-state index is 5.59. The van der Waals surface area contributed by atoms with Gasteiger partial charge in [-0.2, -0.15) is 0 Å². The minimum absolute atomic E-state index is 0.773. The van der Waals surface area contributed by atoms with Gasteiger partial charge in [-0.15, -0.1) is 0 Å². The molecular weight excluding hydrogens is 238 g/mol. The fourth-order valence-corrected chi connectivity index (χ4v) is 2.57. The summed E-state index contributed by atoms with van der Waals surface area (Å²) in [5.41, 5.74) is 6.76. The van der Waals surface area contributed by atoms with E-state index in [4.69, 9.17) is 10.5 Å². The molecule has 0 unspecified atom stereocenters. The van der Waals surface area contributed by atoms with Crippen molar-refractivity contribution in [2.75, 3.05) is 45.2 Å². The van der Waals surface area contributed by atoms with E-state index < -0.39 is 0 Å². The molecule has 1 heterocycles. The Labute approximate surface area is 115 Å². The highest BCUT2D eigenvalue weighted by atomic mass is 16.5. The van der Waals surface area contributed by atoms with Crippen LogP contribution in [0.2, 0.25) is 0 Å². The Morgan fingerprint density at radius 3 is 2.53 bits per heavy atom. The van der Waals surface area contributed by atoms with Crippen molar-refractivity contribution in [3.05, 3.63) is 24.3 Å². The van der Waals surface area contributed by atoms with Crippen LogP contribution >= 0.6 is 0 Å². The molecule has 19 heavy (non-hydrogen) atoms. The third-order valence-corrected chi connectivity index (χ3v) is 3.84. The molecule has 4 nitrogen and oxygen atoms in total. The monoisotopic (exact) mass is 263 g/mol. The number of methoxy groups -OCH3 is 1. The van der Waals surface area contributed by atoms with Crippen molar-refractivity contribution >= 4 is 5.69 Å². The number of benzene rings is 1. The Balaban J connectivity index is 1.71. The number of nitrogens with zero attached hydrogens (tertiary/aromatic N) is 1. The topological polar surface area (TPSA) is 50.5 Å². The van der Waals surface area contributed by atoms with E-state index in [-0.39, 0.29) is 0 Å². The zero-order chi connectivity index (χ0) is 13.5. The van der Waals surface area contributed by atoms with Gasteiger partial charge in [-0.25, -0.2) is 0 Å². The fourth-order valence-electron chi connectivity index (χ4n) is 2.57. The second-order valence-electron chi connectivity index (χ2n) is 5.18. The molecule has 0 aliphatic carbocycles. The quantitative estimate of drug-likeness (QED) is 0.821. The van der Waals surface area contributed by atoms with E-state index in [1.54, 1.807) is 7.11 Å². The SMILES string of the molecule is COc1ccc(NCC2CCN(CCN)CC2)cc1. The summed E-state index contributed by atoms with van der Waals surface area (Å²) in [5, 5.41) is 3.51. The highest BCUT2D eigenvalue weighted by Crippen LogP contribution is 2.19. The van der Waals surface area contributed by atoms with Gasteiger partial charge in [0, 0.05) is 25.3 Å². The van der Waals surface area contributed by atoms with E-state index in [2.05, 4.69) is 22.3 Å². The highest BCUT2D eigenvalue weighted by Gasteiger charge is 2.18. The van der Waals surface area contributed by atoms with Crippen LogP contribution in [0.3, 0.4) is 0 Å². The van der Waals surface area contributed by atoms with E-state index in [1.807, 2.05) is 12.1 Å². The maximum Gasteiger partial charge on any atom is 0.119 e. The molecule has 1 aliphatic rings. The van der Waals surface area contributed by atoms with Crippen LogP contribution in [0.15, 0.2) is 24.3 Å². The third-order valence-electron chi connectivity index (χ3n) is 3.84. The van der Waals surface area contributed by atoms with Gasteiger partial charge in [0.15, 0.2) is 0 Å². The lowest BCUT2D eigenvalue weighted by atomic mass is 9.96. The smallest absolute Gasteiger partial charge is 0.119 e. The van der Waals surface area contributed by atoms with Gasteiger partial charge >= 0.3 is 0 Å². The molecule has 0 spiro atoms. The van der Waals surface area contributed by atoms with Crippen molar-refractivity contribution < 1.29 is 4.74 Å². The molecule has 3 N–H and O–H groups in total. The summed E-state index contributed by atoms with van der Waals surface area (Å²) < 4.78 is 5.15. The molecule has 0 bridgehead atoms.